The standard InChI is InChI=1S/C29H24BrN3O2/c1-34-24-16-14-22(15-17-24)29-19-26(20-8-3-2-4-9-20)31-25-12-5-6-13-27(25)33(29)28(32-35-29)21-10-7-11-23(30)18-21/h2-18,26,31H,19H2,1H3. The summed E-state index contributed by atoms with van der Waals surface area (Å²) in [6, 6.07) is 35.1. The van der Waals surface area contributed by atoms with E-state index in [9.17, 15) is 0 Å². The minimum Gasteiger partial charge on any atom is -0.497 e. The van der Waals surface area contributed by atoms with Crippen LogP contribution >= 0.6 is 15.9 Å². The van der Waals surface area contributed by atoms with Crippen molar-refractivity contribution < 1.29 is 9.57 Å². The number of rotatable bonds is 4. The third-order valence-electron chi connectivity index (χ3n) is 6.64. The van der Waals surface area contributed by atoms with E-state index < -0.39 is 5.72 Å². The average molecular weight is 526 g/mol. The Morgan fingerprint density at radius 1 is 0.943 bits per heavy atom. The van der Waals surface area contributed by atoms with E-state index in [0.717, 1.165) is 38.6 Å². The maximum atomic E-state index is 6.52. The fourth-order valence-corrected chi connectivity index (χ4v) is 5.36. The number of methoxy groups -OCH3 is 1. The normalized spacial score (nSPS) is 20.6. The smallest absolute Gasteiger partial charge is 0.243 e. The Morgan fingerprint density at radius 3 is 2.49 bits per heavy atom. The monoisotopic (exact) mass is 525 g/mol. The molecule has 2 aliphatic rings. The molecule has 0 aliphatic carbocycles. The number of ether oxygens (including phenoxy) is 1. The van der Waals surface area contributed by atoms with Crippen LogP contribution in [0.1, 0.15) is 29.2 Å². The molecule has 0 spiro atoms. The Labute approximate surface area is 213 Å². The highest BCUT2D eigenvalue weighted by Gasteiger charge is 2.52. The van der Waals surface area contributed by atoms with Gasteiger partial charge >= 0.3 is 0 Å². The number of fused-ring (bicyclic) bond motifs is 3. The second-order valence-corrected chi connectivity index (χ2v) is 9.61. The van der Waals surface area contributed by atoms with E-state index in [1.807, 2.05) is 30.3 Å². The van der Waals surface area contributed by atoms with Crippen LogP contribution in [0.4, 0.5) is 11.4 Å². The van der Waals surface area contributed by atoms with Gasteiger partial charge in [-0.2, -0.15) is 0 Å². The molecule has 0 saturated heterocycles. The molecule has 0 fully saturated rings. The number of oxime groups is 1. The molecule has 35 heavy (non-hydrogen) atoms. The van der Waals surface area contributed by atoms with Gasteiger partial charge in [-0.25, -0.2) is 0 Å². The first kappa shape index (κ1) is 21.7. The first-order valence-corrected chi connectivity index (χ1v) is 12.3. The van der Waals surface area contributed by atoms with Gasteiger partial charge in [0.15, 0.2) is 5.84 Å². The summed E-state index contributed by atoms with van der Waals surface area (Å²) in [5, 5.41) is 8.51. The summed E-state index contributed by atoms with van der Waals surface area (Å²) in [4.78, 5) is 8.76. The van der Waals surface area contributed by atoms with Crippen molar-refractivity contribution in [3.8, 4) is 5.75 Å². The fraction of sp³-hybridized carbons (Fsp3) is 0.138. The Bertz CT molecular complexity index is 1390. The van der Waals surface area contributed by atoms with Crippen LogP contribution in [-0.4, -0.2) is 12.9 Å². The van der Waals surface area contributed by atoms with Crippen LogP contribution in [0.5, 0.6) is 5.75 Å². The van der Waals surface area contributed by atoms with Gasteiger partial charge in [0, 0.05) is 22.0 Å². The summed E-state index contributed by atoms with van der Waals surface area (Å²) < 4.78 is 6.43. The number of anilines is 2. The Kier molecular flexibility index (Phi) is 5.46. The minimum absolute atomic E-state index is 0.00140. The molecule has 5 nitrogen and oxygen atoms in total. The van der Waals surface area contributed by atoms with E-state index in [4.69, 9.17) is 14.7 Å². The molecule has 0 bridgehead atoms. The molecular weight excluding hydrogens is 502 g/mol. The molecule has 4 aromatic carbocycles. The van der Waals surface area contributed by atoms with E-state index in [0.29, 0.717) is 6.42 Å². The maximum absolute atomic E-state index is 6.52. The highest BCUT2D eigenvalue weighted by molar-refractivity contribution is 9.10. The summed E-state index contributed by atoms with van der Waals surface area (Å²) in [6.07, 6.45) is 0.638. The molecule has 2 unspecified atom stereocenters. The zero-order valence-electron chi connectivity index (χ0n) is 19.2. The van der Waals surface area contributed by atoms with Gasteiger partial charge in [-0.1, -0.05) is 75.7 Å². The third-order valence-corrected chi connectivity index (χ3v) is 7.13. The lowest BCUT2D eigenvalue weighted by Gasteiger charge is -2.37. The first-order valence-electron chi connectivity index (χ1n) is 11.6. The quantitative estimate of drug-likeness (QED) is 0.309. The molecule has 6 rings (SSSR count). The Balaban J connectivity index is 1.57. The predicted molar refractivity (Wildman–Crippen MR) is 143 cm³/mol. The number of benzene rings is 4. The van der Waals surface area contributed by atoms with Crippen LogP contribution in [0.15, 0.2) is 113 Å². The van der Waals surface area contributed by atoms with Crippen molar-refractivity contribution in [2.75, 3.05) is 17.3 Å². The van der Waals surface area contributed by atoms with Crippen molar-refractivity contribution in [2.24, 2.45) is 5.16 Å². The summed E-state index contributed by atoms with van der Waals surface area (Å²) in [7, 11) is 1.68. The second kappa shape index (κ2) is 8.78. The molecule has 0 aromatic heterocycles. The zero-order valence-corrected chi connectivity index (χ0v) is 20.8. The zero-order chi connectivity index (χ0) is 23.8. The first-order chi connectivity index (χ1) is 17.2. The maximum Gasteiger partial charge on any atom is 0.243 e. The van der Waals surface area contributed by atoms with Crippen molar-refractivity contribution in [1.82, 2.24) is 0 Å². The summed E-state index contributed by atoms with van der Waals surface area (Å²) in [5.41, 5.74) is 4.36. The lowest BCUT2D eigenvalue weighted by Crippen LogP contribution is -2.47. The topological polar surface area (TPSA) is 46.1 Å². The molecule has 1 N–H and O–H groups in total. The lowest BCUT2D eigenvalue weighted by atomic mass is 9.90. The van der Waals surface area contributed by atoms with Crippen molar-refractivity contribution in [1.29, 1.82) is 0 Å². The van der Waals surface area contributed by atoms with Crippen LogP contribution in [0, 0.1) is 0 Å². The largest absolute Gasteiger partial charge is 0.497 e. The highest BCUT2D eigenvalue weighted by atomic mass is 79.9. The van der Waals surface area contributed by atoms with Crippen molar-refractivity contribution in [3.63, 3.8) is 0 Å². The molecule has 4 aromatic rings. The van der Waals surface area contributed by atoms with E-state index in [1.54, 1.807) is 7.11 Å². The molecule has 2 heterocycles. The van der Waals surface area contributed by atoms with E-state index in [2.05, 4.69) is 98.9 Å². The lowest BCUT2D eigenvalue weighted by molar-refractivity contribution is -0.0309. The summed E-state index contributed by atoms with van der Waals surface area (Å²) in [5.74, 6) is 1.57. The van der Waals surface area contributed by atoms with E-state index >= 15 is 0 Å². The highest BCUT2D eigenvalue weighted by Crippen LogP contribution is 2.51. The molecule has 2 atom stereocenters. The Hall–Kier alpha value is -3.77. The SMILES string of the molecule is COc1ccc(C23CC(c4ccccc4)Nc4ccccc4N2C(c2cccc(Br)c2)=NO3)cc1. The van der Waals surface area contributed by atoms with Gasteiger partial charge in [0.2, 0.25) is 5.72 Å². The molecule has 0 saturated carbocycles. The number of amidine groups is 1. The van der Waals surface area contributed by atoms with Gasteiger partial charge in [0.25, 0.3) is 0 Å². The Morgan fingerprint density at radius 2 is 1.71 bits per heavy atom. The molecule has 2 aliphatic heterocycles. The van der Waals surface area contributed by atoms with E-state index in [-0.39, 0.29) is 6.04 Å². The van der Waals surface area contributed by atoms with Crippen molar-refractivity contribution in [3.05, 3.63) is 124 Å². The summed E-state index contributed by atoms with van der Waals surface area (Å²) >= 11 is 3.62. The van der Waals surface area contributed by atoms with Crippen molar-refractivity contribution >= 4 is 33.1 Å². The van der Waals surface area contributed by atoms with E-state index in [1.165, 1.54) is 5.56 Å². The number of para-hydroxylation sites is 2. The number of nitrogens with one attached hydrogen (secondary N) is 1. The molecular formula is C29H24BrN3O2. The molecule has 0 amide bonds. The second-order valence-electron chi connectivity index (χ2n) is 8.69. The van der Waals surface area contributed by atoms with Gasteiger partial charge in [0.1, 0.15) is 5.75 Å². The van der Waals surface area contributed by atoms with Crippen LogP contribution < -0.4 is 15.0 Å². The molecule has 0 radical (unpaired) electrons. The van der Waals surface area contributed by atoms with Crippen LogP contribution in [0.2, 0.25) is 0 Å². The number of hydrogen-bond acceptors (Lipinski definition) is 5. The van der Waals surface area contributed by atoms with Crippen LogP contribution in [0.25, 0.3) is 0 Å². The fourth-order valence-electron chi connectivity index (χ4n) is 4.96. The number of halogens is 1. The van der Waals surface area contributed by atoms with Gasteiger partial charge in [-0.05, 0) is 54.1 Å². The van der Waals surface area contributed by atoms with Gasteiger partial charge in [-0.15, -0.1) is 0 Å². The van der Waals surface area contributed by atoms with Crippen LogP contribution in [0.3, 0.4) is 0 Å². The number of nitrogens with zero attached hydrogens (tertiary/aromatic N) is 2. The molecule has 6 heteroatoms. The van der Waals surface area contributed by atoms with Crippen LogP contribution in [-0.2, 0) is 10.6 Å². The summed E-state index contributed by atoms with van der Waals surface area (Å²) in [6.45, 7) is 0. The van der Waals surface area contributed by atoms with Crippen molar-refractivity contribution in [2.45, 2.75) is 18.2 Å². The average Bonchev–Trinajstić information content (AvgIpc) is 3.22. The predicted octanol–water partition coefficient (Wildman–Crippen LogP) is 7.07. The van der Waals surface area contributed by atoms with Gasteiger partial charge < -0.3 is 14.9 Å². The van der Waals surface area contributed by atoms with Gasteiger partial charge in [0.05, 0.1) is 24.5 Å². The number of hydrogen-bond donors (Lipinski definition) is 1. The molecule has 174 valence electrons. The third kappa shape index (κ3) is 3.74. The van der Waals surface area contributed by atoms with Gasteiger partial charge in [-0.3, -0.25) is 4.90 Å². The minimum atomic E-state index is -0.857.